The zero-order chi connectivity index (χ0) is 34.1. The van der Waals surface area contributed by atoms with Gasteiger partial charge in [-0.05, 0) is 121 Å². The van der Waals surface area contributed by atoms with Crippen LogP contribution in [0.15, 0.2) is 170 Å². The van der Waals surface area contributed by atoms with Crippen LogP contribution in [0.4, 0.5) is 11.4 Å². The van der Waals surface area contributed by atoms with Gasteiger partial charge in [0.25, 0.3) is 0 Å². The largest absolute Gasteiger partial charge is 0.457 e. The molecular formula is C42H32N2O6. The molecule has 0 aliphatic heterocycles. The highest BCUT2D eigenvalue weighted by Gasteiger charge is 2.07. The number of rotatable bonds is 12. The van der Waals surface area contributed by atoms with Crippen molar-refractivity contribution in [2.24, 2.45) is 0 Å². The number of benzene rings is 7. The Balaban J connectivity index is 0.944. The fraction of sp³-hybridized carbons (Fsp3) is 0. The molecular weight excluding hydrogens is 628 g/mol. The maximum Gasteiger partial charge on any atom is 0.131 e. The van der Waals surface area contributed by atoms with Crippen molar-refractivity contribution in [2.45, 2.75) is 0 Å². The number of nitrogen functional groups attached to an aromatic ring is 2. The molecule has 0 fully saturated rings. The predicted octanol–water partition coefficient (Wildman–Crippen LogP) is 11.6. The van der Waals surface area contributed by atoms with Crippen LogP contribution in [-0.2, 0) is 0 Å². The Kier molecular flexibility index (Phi) is 9.33. The highest BCUT2D eigenvalue weighted by Crippen LogP contribution is 2.34. The summed E-state index contributed by atoms with van der Waals surface area (Å²) in [5, 5.41) is 0. The van der Waals surface area contributed by atoms with Crippen LogP contribution >= 0.6 is 0 Å². The van der Waals surface area contributed by atoms with E-state index in [-0.39, 0.29) is 0 Å². The second-order valence-corrected chi connectivity index (χ2v) is 11.1. The van der Waals surface area contributed by atoms with Gasteiger partial charge in [-0.2, -0.15) is 0 Å². The quantitative estimate of drug-likeness (QED) is 0.125. The lowest BCUT2D eigenvalue weighted by Gasteiger charge is -2.12. The van der Waals surface area contributed by atoms with E-state index >= 15 is 0 Å². The van der Waals surface area contributed by atoms with Gasteiger partial charge in [0, 0.05) is 35.6 Å². The zero-order valence-electron chi connectivity index (χ0n) is 26.8. The van der Waals surface area contributed by atoms with Crippen molar-refractivity contribution in [3.8, 4) is 69.0 Å². The van der Waals surface area contributed by atoms with Crippen molar-refractivity contribution < 1.29 is 28.4 Å². The molecule has 0 saturated carbocycles. The third-order valence-electron chi connectivity index (χ3n) is 7.22. The second kappa shape index (κ2) is 14.8. The van der Waals surface area contributed by atoms with Crippen LogP contribution < -0.4 is 39.9 Å². The van der Waals surface area contributed by atoms with Crippen LogP contribution in [0.1, 0.15) is 0 Å². The summed E-state index contributed by atoms with van der Waals surface area (Å²) in [6.07, 6.45) is 0. The minimum atomic E-state index is 0.621. The molecule has 4 N–H and O–H groups in total. The highest BCUT2D eigenvalue weighted by atomic mass is 16.5. The zero-order valence-corrected chi connectivity index (χ0v) is 26.8. The summed E-state index contributed by atoms with van der Waals surface area (Å²) >= 11 is 0. The summed E-state index contributed by atoms with van der Waals surface area (Å²) in [5.41, 5.74) is 12.9. The monoisotopic (exact) mass is 660 g/mol. The van der Waals surface area contributed by atoms with Gasteiger partial charge in [0.2, 0.25) is 0 Å². The number of hydrogen-bond acceptors (Lipinski definition) is 8. The number of nitrogens with two attached hydrogens (primary N) is 2. The molecule has 0 spiro atoms. The Bertz CT molecular complexity index is 2030. The third kappa shape index (κ3) is 8.64. The number of hydrogen-bond donors (Lipinski definition) is 2. The Morgan fingerprint density at radius 3 is 0.620 bits per heavy atom. The fourth-order valence-electron chi connectivity index (χ4n) is 4.87. The van der Waals surface area contributed by atoms with Crippen LogP contribution in [0, 0.1) is 0 Å². The average Bonchev–Trinajstić information content (AvgIpc) is 3.12. The van der Waals surface area contributed by atoms with Crippen molar-refractivity contribution >= 4 is 11.4 Å². The van der Waals surface area contributed by atoms with E-state index in [2.05, 4.69) is 0 Å². The first-order valence-corrected chi connectivity index (χ1v) is 15.8. The van der Waals surface area contributed by atoms with Gasteiger partial charge in [0.05, 0.1) is 0 Å². The van der Waals surface area contributed by atoms with Gasteiger partial charge in [-0.15, -0.1) is 0 Å². The SMILES string of the molecule is Nc1ccc(Oc2cccc(Oc3cccc(Oc4ccc(Oc5cccc(Oc6cccc(Oc7ccc(N)cc7)c6)c5)cc4)c3)c2)cc1. The number of anilines is 2. The molecule has 7 rings (SSSR count). The smallest absolute Gasteiger partial charge is 0.131 e. The summed E-state index contributed by atoms with van der Waals surface area (Å²) in [6.45, 7) is 0. The van der Waals surface area contributed by atoms with E-state index < -0.39 is 0 Å². The Labute approximate surface area is 289 Å². The maximum atomic E-state index is 6.11. The van der Waals surface area contributed by atoms with Crippen LogP contribution in [0.2, 0.25) is 0 Å². The molecule has 246 valence electrons. The lowest BCUT2D eigenvalue weighted by Crippen LogP contribution is -1.90. The lowest BCUT2D eigenvalue weighted by molar-refractivity contribution is 0.447. The van der Waals surface area contributed by atoms with E-state index in [0.29, 0.717) is 80.4 Å². The maximum absolute atomic E-state index is 6.11. The van der Waals surface area contributed by atoms with Crippen molar-refractivity contribution in [1.29, 1.82) is 0 Å². The minimum absolute atomic E-state index is 0.621. The molecule has 8 nitrogen and oxygen atoms in total. The van der Waals surface area contributed by atoms with Crippen LogP contribution in [0.5, 0.6) is 69.0 Å². The fourth-order valence-corrected chi connectivity index (χ4v) is 4.87. The molecule has 50 heavy (non-hydrogen) atoms. The molecule has 0 unspecified atom stereocenters. The molecule has 0 atom stereocenters. The van der Waals surface area contributed by atoms with E-state index in [1.165, 1.54) is 0 Å². The minimum Gasteiger partial charge on any atom is -0.457 e. The molecule has 8 heteroatoms. The lowest BCUT2D eigenvalue weighted by atomic mass is 10.3. The summed E-state index contributed by atoms with van der Waals surface area (Å²) in [7, 11) is 0. The van der Waals surface area contributed by atoms with E-state index in [1.54, 1.807) is 24.3 Å². The molecule has 7 aromatic rings. The van der Waals surface area contributed by atoms with E-state index in [1.807, 2.05) is 146 Å². The van der Waals surface area contributed by atoms with Gasteiger partial charge in [-0.25, -0.2) is 0 Å². The van der Waals surface area contributed by atoms with Gasteiger partial charge in [0.15, 0.2) is 0 Å². The van der Waals surface area contributed by atoms with Gasteiger partial charge >= 0.3 is 0 Å². The first-order chi connectivity index (χ1) is 24.5. The summed E-state index contributed by atoms with van der Waals surface area (Å²) in [4.78, 5) is 0. The molecule has 0 aliphatic carbocycles. The summed E-state index contributed by atoms with van der Waals surface area (Å²) in [5.74, 6) is 7.70. The molecule has 0 aromatic heterocycles. The molecule has 0 heterocycles. The topological polar surface area (TPSA) is 107 Å². The van der Waals surface area contributed by atoms with Gasteiger partial charge in [-0.3, -0.25) is 0 Å². The molecule has 7 aromatic carbocycles. The van der Waals surface area contributed by atoms with Crippen molar-refractivity contribution in [3.63, 3.8) is 0 Å². The van der Waals surface area contributed by atoms with Gasteiger partial charge in [-0.1, -0.05) is 24.3 Å². The Hall–Kier alpha value is -7.06. The molecule has 0 bridgehead atoms. The third-order valence-corrected chi connectivity index (χ3v) is 7.22. The van der Waals surface area contributed by atoms with E-state index in [0.717, 1.165) is 0 Å². The van der Waals surface area contributed by atoms with Crippen molar-refractivity contribution in [2.75, 3.05) is 11.5 Å². The second-order valence-electron chi connectivity index (χ2n) is 11.1. The van der Waals surface area contributed by atoms with Crippen LogP contribution in [0.3, 0.4) is 0 Å². The first-order valence-electron chi connectivity index (χ1n) is 15.8. The van der Waals surface area contributed by atoms with Gasteiger partial charge in [0.1, 0.15) is 69.0 Å². The first kappa shape index (κ1) is 31.5. The highest BCUT2D eigenvalue weighted by molar-refractivity contribution is 5.47. The van der Waals surface area contributed by atoms with Crippen molar-refractivity contribution in [1.82, 2.24) is 0 Å². The summed E-state index contributed by atoms with van der Waals surface area (Å²) < 4.78 is 36.3. The Morgan fingerprint density at radius 1 is 0.220 bits per heavy atom. The standard InChI is InChI=1S/C42H32N2O6/c43-29-13-17-31(18-14-29)45-35-5-1-9-39(25-35)49-41-11-3-7-37(27-41)47-33-21-23-34(24-22-33)48-38-8-4-12-42(28-38)50-40-10-2-6-36(26-40)46-32-19-15-30(44)16-20-32/h1-28H,43-44H2. The molecule has 0 saturated heterocycles. The van der Waals surface area contributed by atoms with Crippen LogP contribution in [0.25, 0.3) is 0 Å². The molecule has 0 radical (unpaired) electrons. The molecule has 0 aliphatic rings. The van der Waals surface area contributed by atoms with Crippen LogP contribution in [-0.4, -0.2) is 0 Å². The molecule has 0 amide bonds. The normalized spacial score (nSPS) is 10.6. The van der Waals surface area contributed by atoms with Gasteiger partial charge < -0.3 is 39.9 Å². The summed E-state index contributed by atoms with van der Waals surface area (Å²) in [6, 6.07) is 51.5. The predicted molar refractivity (Wildman–Crippen MR) is 194 cm³/mol. The van der Waals surface area contributed by atoms with E-state index in [4.69, 9.17) is 39.9 Å². The number of ether oxygens (including phenoxy) is 6. The Morgan fingerprint density at radius 2 is 0.400 bits per heavy atom. The van der Waals surface area contributed by atoms with E-state index in [9.17, 15) is 0 Å². The van der Waals surface area contributed by atoms with Crippen molar-refractivity contribution in [3.05, 3.63) is 170 Å². The average molecular weight is 661 g/mol.